The normalized spacial score (nSPS) is 14.0. The molecule has 1 aromatic carbocycles. The average Bonchev–Trinajstić information content (AvgIpc) is 2.58. The lowest BCUT2D eigenvalue weighted by molar-refractivity contribution is -0.138. The molecule has 0 aliphatic heterocycles. The molecule has 0 amide bonds. The van der Waals surface area contributed by atoms with Crippen LogP contribution in [0.25, 0.3) is 10.9 Å². The fraction of sp³-hybridized carbons (Fsp3) is 0.316. The van der Waals surface area contributed by atoms with E-state index in [1.807, 2.05) is 24.6 Å². The lowest BCUT2D eigenvalue weighted by atomic mass is 9.97. The van der Waals surface area contributed by atoms with E-state index in [-0.39, 0.29) is 5.56 Å². The number of pyridine rings is 1. The molecule has 0 N–H and O–H groups in total. The van der Waals surface area contributed by atoms with Crippen molar-refractivity contribution in [3.63, 3.8) is 0 Å². The third-order valence-electron chi connectivity index (χ3n) is 4.65. The Hall–Kier alpha value is -2.22. The molecule has 2 aromatic heterocycles. The molecule has 0 bridgehead atoms. The molecule has 3 aromatic rings. The van der Waals surface area contributed by atoms with Gasteiger partial charge in [0.15, 0.2) is 5.49 Å². The van der Waals surface area contributed by atoms with Gasteiger partial charge in [-0.25, -0.2) is 9.97 Å². The molecule has 0 saturated carbocycles. The molecule has 0 aliphatic rings. The molecule has 2 heterocycles. The third kappa shape index (κ3) is 3.76. The van der Waals surface area contributed by atoms with Crippen molar-refractivity contribution in [2.75, 3.05) is 0 Å². The largest absolute Gasteiger partial charge is 0.416 e. The number of hydrogen-bond acceptors (Lipinski definition) is 3. The molecule has 0 radical (unpaired) electrons. The zero-order chi connectivity index (χ0) is 19.9. The highest BCUT2D eigenvalue weighted by Crippen LogP contribution is 2.35. The Balaban J connectivity index is 2.21. The molecule has 8 heteroatoms. The highest BCUT2D eigenvalue weighted by Gasteiger charge is 2.33. The number of rotatable bonds is 2. The second kappa shape index (κ2) is 7.07. The number of aryl methyl sites for hydroxylation is 2. The van der Waals surface area contributed by atoms with Gasteiger partial charge < -0.3 is 4.57 Å². The summed E-state index contributed by atoms with van der Waals surface area (Å²) in [5.74, 6) is 0.735. The van der Waals surface area contributed by atoms with E-state index in [1.165, 1.54) is 13.0 Å². The predicted octanol–water partition coefficient (Wildman–Crippen LogP) is 5.03. The van der Waals surface area contributed by atoms with Crippen LogP contribution >= 0.6 is 15.9 Å². The Morgan fingerprint density at radius 1 is 1.22 bits per heavy atom. The lowest BCUT2D eigenvalue weighted by Crippen LogP contribution is -2.18. The third-order valence-corrected chi connectivity index (χ3v) is 5.09. The van der Waals surface area contributed by atoms with Crippen molar-refractivity contribution >= 4 is 26.8 Å². The van der Waals surface area contributed by atoms with Crippen molar-refractivity contribution in [2.45, 2.75) is 33.0 Å². The van der Waals surface area contributed by atoms with Gasteiger partial charge in [0.25, 0.3) is 0 Å². The zero-order valence-corrected chi connectivity index (χ0v) is 16.9. The molecule has 0 unspecified atom stereocenters. The molecule has 27 heavy (non-hydrogen) atoms. The van der Waals surface area contributed by atoms with E-state index in [4.69, 9.17) is 0 Å². The number of nitrogens with zero attached hydrogens (tertiary/aromatic N) is 4. The lowest BCUT2D eigenvalue weighted by Gasteiger charge is -2.16. The van der Waals surface area contributed by atoms with Crippen molar-refractivity contribution in [3.8, 4) is 0 Å². The van der Waals surface area contributed by atoms with E-state index < -0.39 is 17.8 Å². The second-order valence-corrected chi connectivity index (χ2v) is 7.20. The number of alkyl halides is 3. The first-order valence-electron chi connectivity index (χ1n) is 8.29. The van der Waals surface area contributed by atoms with E-state index in [0.717, 1.165) is 22.8 Å². The Bertz CT molecular complexity index is 1090. The molecular formula is C19H18BrF3N4. The van der Waals surface area contributed by atoms with E-state index in [1.54, 1.807) is 19.2 Å². The summed E-state index contributed by atoms with van der Waals surface area (Å²) in [6, 6.07) is 5.51. The summed E-state index contributed by atoms with van der Waals surface area (Å²) >= 11 is 3.35. The highest BCUT2D eigenvalue weighted by atomic mass is 79.9. The Labute approximate surface area is 162 Å². The first-order chi connectivity index (χ1) is 12.6. The summed E-state index contributed by atoms with van der Waals surface area (Å²) in [5, 5.41) is 0.779. The summed E-state index contributed by atoms with van der Waals surface area (Å²) in [6.45, 7) is 5.10. The van der Waals surface area contributed by atoms with Crippen LogP contribution in [0.4, 0.5) is 13.2 Å². The maximum atomic E-state index is 13.2. The molecular weight excluding hydrogens is 421 g/mol. The molecule has 0 spiro atoms. The molecule has 0 fully saturated rings. The minimum Gasteiger partial charge on any atom is -0.331 e. The summed E-state index contributed by atoms with van der Waals surface area (Å²) in [4.78, 5) is 13.4. The topological polar surface area (TPSA) is 43.1 Å². The smallest absolute Gasteiger partial charge is 0.331 e. The zero-order valence-electron chi connectivity index (χ0n) is 15.3. The minimum absolute atomic E-state index is 0.187. The minimum atomic E-state index is -4.39. The van der Waals surface area contributed by atoms with E-state index >= 15 is 0 Å². The monoisotopic (exact) mass is 438 g/mol. The van der Waals surface area contributed by atoms with Gasteiger partial charge in [-0.15, -0.1) is 0 Å². The van der Waals surface area contributed by atoms with Crippen LogP contribution < -0.4 is 5.49 Å². The quantitative estimate of drug-likeness (QED) is 0.526. The molecule has 0 saturated heterocycles. The standard InChI is InChI=1S/C19H18BrF3N4/c1-10-13(6-5-7-15(10)19(21,22)23)11(2)25-18-14-8-17(20)24-9-16(14)27(4)12(3)26-18/h5-9,11H,1-4H3/t11-/m1/s1. The van der Waals surface area contributed by atoms with Gasteiger partial charge in [-0.05, 0) is 60.0 Å². The summed E-state index contributed by atoms with van der Waals surface area (Å²) in [5.41, 5.74) is 1.40. The fourth-order valence-corrected chi connectivity index (χ4v) is 3.43. The van der Waals surface area contributed by atoms with Gasteiger partial charge in [0.2, 0.25) is 0 Å². The number of fused-ring (bicyclic) bond motifs is 1. The van der Waals surface area contributed by atoms with E-state index in [9.17, 15) is 13.2 Å². The maximum absolute atomic E-state index is 13.2. The number of halogens is 4. The van der Waals surface area contributed by atoms with Crippen molar-refractivity contribution in [1.82, 2.24) is 14.5 Å². The predicted molar refractivity (Wildman–Crippen MR) is 101 cm³/mol. The van der Waals surface area contributed by atoms with Gasteiger partial charge in [0.1, 0.15) is 10.4 Å². The van der Waals surface area contributed by atoms with Gasteiger partial charge in [0, 0.05) is 12.4 Å². The average molecular weight is 439 g/mol. The molecule has 142 valence electrons. The van der Waals surface area contributed by atoms with Crippen LogP contribution in [0.3, 0.4) is 0 Å². The number of aromatic nitrogens is 3. The Kier molecular flexibility index (Phi) is 5.12. The molecule has 0 aliphatic carbocycles. The summed E-state index contributed by atoms with van der Waals surface area (Å²) < 4.78 is 42.2. The molecule has 3 rings (SSSR count). The van der Waals surface area contributed by atoms with Crippen molar-refractivity contribution in [1.29, 1.82) is 0 Å². The summed E-state index contributed by atoms with van der Waals surface area (Å²) in [7, 11) is 1.88. The van der Waals surface area contributed by atoms with Crippen molar-refractivity contribution < 1.29 is 13.2 Å². The van der Waals surface area contributed by atoms with Crippen LogP contribution in [0.15, 0.2) is 40.1 Å². The van der Waals surface area contributed by atoms with Gasteiger partial charge >= 0.3 is 6.18 Å². The van der Waals surface area contributed by atoms with Gasteiger partial charge in [-0.3, -0.25) is 4.99 Å². The van der Waals surface area contributed by atoms with Crippen LogP contribution in [-0.2, 0) is 13.2 Å². The molecule has 1 atom stereocenters. The van der Waals surface area contributed by atoms with Crippen molar-refractivity contribution in [2.24, 2.45) is 12.0 Å². The SMILES string of the molecule is Cc1c([C@@H](C)N=c2nc(C)n(C)c3cnc(Br)cc23)cccc1C(F)(F)F. The Morgan fingerprint density at radius 2 is 1.93 bits per heavy atom. The number of hydrogen-bond donors (Lipinski definition) is 0. The molecule has 4 nitrogen and oxygen atoms in total. The van der Waals surface area contributed by atoms with Gasteiger partial charge in [0.05, 0.1) is 23.3 Å². The fourth-order valence-electron chi connectivity index (χ4n) is 3.10. The first kappa shape index (κ1) is 19.5. The second-order valence-electron chi connectivity index (χ2n) is 6.39. The van der Waals surface area contributed by atoms with Crippen LogP contribution in [0, 0.1) is 13.8 Å². The van der Waals surface area contributed by atoms with E-state index in [0.29, 0.717) is 15.7 Å². The first-order valence-corrected chi connectivity index (χ1v) is 9.08. The maximum Gasteiger partial charge on any atom is 0.416 e. The van der Waals surface area contributed by atoms with Crippen LogP contribution in [0.1, 0.15) is 35.5 Å². The van der Waals surface area contributed by atoms with Gasteiger partial charge in [-0.2, -0.15) is 13.2 Å². The number of benzene rings is 1. The van der Waals surface area contributed by atoms with Gasteiger partial charge in [-0.1, -0.05) is 12.1 Å². The van der Waals surface area contributed by atoms with E-state index in [2.05, 4.69) is 30.9 Å². The highest BCUT2D eigenvalue weighted by molar-refractivity contribution is 9.10. The van der Waals surface area contributed by atoms with Crippen molar-refractivity contribution in [3.05, 3.63) is 63.1 Å². The van der Waals surface area contributed by atoms with Crippen LogP contribution in [0.5, 0.6) is 0 Å². The Morgan fingerprint density at radius 3 is 2.59 bits per heavy atom. The summed E-state index contributed by atoms with van der Waals surface area (Å²) in [6.07, 6.45) is -2.67. The van der Waals surface area contributed by atoms with Crippen LogP contribution in [-0.4, -0.2) is 14.5 Å². The van der Waals surface area contributed by atoms with Crippen LogP contribution in [0.2, 0.25) is 0 Å².